The summed E-state index contributed by atoms with van der Waals surface area (Å²) < 4.78 is 9.98. The highest BCUT2D eigenvalue weighted by Gasteiger charge is 2.07. The zero-order valence-corrected chi connectivity index (χ0v) is 14.2. The first kappa shape index (κ1) is 18.3. The van der Waals surface area contributed by atoms with Crippen molar-refractivity contribution in [1.29, 1.82) is 5.26 Å². The number of ether oxygens (including phenoxy) is 2. The normalized spacial score (nSPS) is 9.80. The number of nitrogens with one attached hydrogen (secondary N) is 1. The fraction of sp³-hybridized carbons (Fsp3) is 0.167. The van der Waals surface area contributed by atoms with Crippen LogP contribution in [0.4, 0.5) is 5.69 Å². The number of rotatable bonds is 6. The van der Waals surface area contributed by atoms with Crippen molar-refractivity contribution in [3.8, 4) is 11.8 Å². The SMILES string of the molecule is COC(=O)Cc1ccc(OCC(=O)Nc2ccc(C#N)c(Cl)c2)cc1. The van der Waals surface area contributed by atoms with Gasteiger partial charge in [-0.25, -0.2) is 0 Å². The van der Waals surface area contributed by atoms with E-state index in [0.29, 0.717) is 17.0 Å². The van der Waals surface area contributed by atoms with Crippen LogP contribution in [0.2, 0.25) is 5.02 Å². The molecule has 0 fully saturated rings. The molecule has 0 atom stereocenters. The summed E-state index contributed by atoms with van der Waals surface area (Å²) >= 11 is 5.91. The predicted octanol–water partition coefficient (Wildman–Crippen LogP) is 2.94. The van der Waals surface area contributed by atoms with Gasteiger partial charge >= 0.3 is 5.97 Å². The van der Waals surface area contributed by atoms with E-state index in [-0.39, 0.29) is 29.9 Å². The first-order chi connectivity index (χ1) is 12.0. The second-order valence-electron chi connectivity index (χ2n) is 5.04. The lowest BCUT2D eigenvalue weighted by Crippen LogP contribution is -2.20. The summed E-state index contributed by atoms with van der Waals surface area (Å²) in [6.45, 7) is -0.187. The van der Waals surface area contributed by atoms with Crippen molar-refractivity contribution in [2.24, 2.45) is 0 Å². The van der Waals surface area contributed by atoms with Gasteiger partial charge in [-0.2, -0.15) is 5.26 Å². The summed E-state index contributed by atoms with van der Waals surface area (Å²) in [7, 11) is 1.33. The molecular formula is C18H15ClN2O4. The lowest BCUT2D eigenvalue weighted by Gasteiger charge is -2.09. The molecule has 6 nitrogen and oxygen atoms in total. The summed E-state index contributed by atoms with van der Waals surface area (Å²) in [5, 5.41) is 11.7. The van der Waals surface area contributed by atoms with Gasteiger partial charge in [-0.15, -0.1) is 0 Å². The molecule has 2 aromatic rings. The van der Waals surface area contributed by atoms with Crippen LogP contribution in [0.5, 0.6) is 5.75 Å². The Labute approximate surface area is 149 Å². The Morgan fingerprint density at radius 2 is 1.92 bits per heavy atom. The standard InChI is InChI=1S/C18H15ClN2O4/c1-24-18(23)8-12-2-6-15(7-3-12)25-11-17(22)21-14-5-4-13(10-20)16(19)9-14/h2-7,9H,8,11H2,1H3,(H,21,22). The van der Waals surface area contributed by atoms with E-state index in [2.05, 4.69) is 10.1 Å². The molecular weight excluding hydrogens is 344 g/mol. The van der Waals surface area contributed by atoms with Gasteiger partial charge in [0.15, 0.2) is 6.61 Å². The molecule has 0 bridgehead atoms. The van der Waals surface area contributed by atoms with Crippen LogP contribution in [0, 0.1) is 11.3 Å². The van der Waals surface area contributed by atoms with E-state index < -0.39 is 0 Å². The Morgan fingerprint density at radius 3 is 2.52 bits per heavy atom. The maximum Gasteiger partial charge on any atom is 0.309 e. The molecule has 2 aromatic carbocycles. The van der Waals surface area contributed by atoms with Crippen molar-refractivity contribution < 1.29 is 19.1 Å². The monoisotopic (exact) mass is 358 g/mol. The van der Waals surface area contributed by atoms with Gasteiger partial charge in [0.1, 0.15) is 11.8 Å². The van der Waals surface area contributed by atoms with Gasteiger partial charge in [-0.05, 0) is 35.9 Å². The number of nitriles is 1. The third kappa shape index (κ3) is 5.52. The number of amides is 1. The van der Waals surface area contributed by atoms with E-state index in [9.17, 15) is 9.59 Å². The quantitative estimate of drug-likeness (QED) is 0.802. The van der Waals surface area contributed by atoms with Crippen LogP contribution in [0.1, 0.15) is 11.1 Å². The van der Waals surface area contributed by atoms with Crippen LogP contribution in [0.15, 0.2) is 42.5 Å². The molecule has 2 rings (SSSR count). The number of esters is 1. The number of anilines is 1. The molecule has 0 aromatic heterocycles. The molecule has 0 aliphatic rings. The molecule has 0 heterocycles. The molecule has 1 N–H and O–H groups in total. The van der Waals surface area contributed by atoms with E-state index >= 15 is 0 Å². The van der Waals surface area contributed by atoms with Gasteiger partial charge < -0.3 is 14.8 Å². The summed E-state index contributed by atoms with van der Waals surface area (Å²) in [5.41, 5.74) is 1.60. The summed E-state index contributed by atoms with van der Waals surface area (Å²) in [6, 6.07) is 13.4. The lowest BCUT2D eigenvalue weighted by molar-refractivity contribution is -0.139. The summed E-state index contributed by atoms with van der Waals surface area (Å²) in [5.74, 6) is -0.185. The molecule has 0 aliphatic heterocycles. The minimum Gasteiger partial charge on any atom is -0.484 e. The fourth-order valence-electron chi connectivity index (χ4n) is 1.97. The van der Waals surface area contributed by atoms with Crippen molar-refractivity contribution >= 4 is 29.2 Å². The number of hydrogen-bond donors (Lipinski definition) is 1. The number of methoxy groups -OCH3 is 1. The van der Waals surface area contributed by atoms with Crippen molar-refractivity contribution in [2.75, 3.05) is 19.0 Å². The zero-order chi connectivity index (χ0) is 18.2. The number of hydrogen-bond acceptors (Lipinski definition) is 5. The van der Waals surface area contributed by atoms with Crippen LogP contribution in [-0.2, 0) is 20.7 Å². The molecule has 0 radical (unpaired) electrons. The van der Waals surface area contributed by atoms with Crippen molar-refractivity contribution in [1.82, 2.24) is 0 Å². The van der Waals surface area contributed by atoms with Gasteiger partial charge in [0, 0.05) is 5.69 Å². The van der Waals surface area contributed by atoms with Crippen LogP contribution in [-0.4, -0.2) is 25.6 Å². The third-order valence-corrected chi connectivity index (χ3v) is 3.56. The van der Waals surface area contributed by atoms with Crippen molar-refractivity contribution in [3.05, 3.63) is 58.6 Å². The predicted molar refractivity (Wildman–Crippen MR) is 92.5 cm³/mol. The highest BCUT2D eigenvalue weighted by molar-refractivity contribution is 6.32. The van der Waals surface area contributed by atoms with E-state index in [1.807, 2.05) is 6.07 Å². The first-order valence-electron chi connectivity index (χ1n) is 7.30. The average molecular weight is 359 g/mol. The van der Waals surface area contributed by atoms with Crippen LogP contribution in [0.3, 0.4) is 0 Å². The molecule has 0 saturated heterocycles. The van der Waals surface area contributed by atoms with E-state index in [0.717, 1.165) is 5.56 Å². The lowest BCUT2D eigenvalue weighted by atomic mass is 10.1. The third-order valence-electron chi connectivity index (χ3n) is 3.24. The topological polar surface area (TPSA) is 88.4 Å². The second-order valence-corrected chi connectivity index (χ2v) is 5.45. The molecule has 0 saturated carbocycles. The maximum absolute atomic E-state index is 11.9. The van der Waals surface area contributed by atoms with Crippen molar-refractivity contribution in [2.45, 2.75) is 6.42 Å². The number of benzene rings is 2. The number of halogens is 1. The zero-order valence-electron chi connectivity index (χ0n) is 13.4. The van der Waals surface area contributed by atoms with E-state index in [1.54, 1.807) is 30.3 Å². The van der Waals surface area contributed by atoms with Gasteiger partial charge in [0.25, 0.3) is 5.91 Å². The molecule has 0 unspecified atom stereocenters. The van der Waals surface area contributed by atoms with Crippen molar-refractivity contribution in [3.63, 3.8) is 0 Å². The highest BCUT2D eigenvalue weighted by atomic mass is 35.5. The Morgan fingerprint density at radius 1 is 1.20 bits per heavy atom. The highest BCUT2D eigenvalue weighted by Crippen LogP contribution is 2.20. The largest absolute Gasteiger partial charge is 0.484 e. The molecule has 0 spiro atoms. The first-order valence-corrected chi connectivity index (χ1v) is 7.67. The Hall–Kier alpha value is -3.04. The van der Waals surface area contributed by atoms with Gasteiger partial charge in [0.05, 0.1) is 24.1 Å². The Balaban J connectivity index is 1.86. The Kier molecular flexibility index (Phi) is 6.38. The smallest absolute Gasteiger partial charge is 0.309 e. The molecule has 128 valence electrons. The van der Waals surface area contributed by atoms with Crippen LogP contribution >= 0.6 is 11.6 Å². The molecule has 0 aliphatic carbocycles. The van der Waals surface area contributed by atoms with E-state index in [4.69, 9.17) is 21.6 Å². The fourth-order valence-corrected chi connectivity index (χ4v) is 2.19. The summed E-state index contributed by atoms with van der Waals surface area (Å²) in [6.07, 6.45) is 0.177. The molecule has 1 amide bonds. The minimum atomic E-state index is -0.362. The van der Waals surface area contributed by atoms with Gasteiger partial charge in [-0.1, -0.05) is 23.7 Å². The van der Waals surface area contributed by atoms with Gasteiger partial charge in [0.2, 0.25) is 0 Å². The van der Waals surface area contributed by atoms with Crippen LogP contribution < -0.4 is 10.1 Å². The maximum atomic E-state index is 11.9. The Bertz CT molecular complexity index is 813. The molecule has 7 heteroatoms. The van der Waals surface area contributed by atoms with E-state index in [1.165, 1.54) is 19.2 Å². The van der Waals surface area contributed by atoms with Gasteiger partial charge in [-0.3, -0.25) is 9.59 Å². The number of carbonyl (C=O) groups is 2. The second kappa shape index (κ2) is 8.71. The molecule has 25 heavy (non-hydrogen) atoms. The van der Waals surface area contributed by atoms with Crippen LogP contribution in [0.25, 0.3) is 0 Å². The number of nitrogens with zero attached hydrogens (tertiary/aromatic N) is 1. The minimum absolute atomic E-state index is 0.177. The summed E-state index contributed by atoms with van der Waals surface area (Å²) in [4.78, 5) is 23.1. The number of carbonyl (C=O) groups excluding carboxylic acids is 2. The average Bonchev–Trinajstić information content (AvgIpc) is 2.61.